The van der Waals surface area contributed by atoms with Crippen molar-refractivity contribution in [2.45, 2.75) is 38.5 Å². The van der Waals surface area contributed by atoms with Crippen molar-refractivity contribution in [2.75, 3.05) is 9.80 Å². The normalized spacial score (nSPS) is 14.6. The zero-order valence-electron chi connectivity index (χ0n) is 31.2. The molecule has 0 unspecified atom stereocenters. The van der Waals surface area contributed by atoms with E-state index in [0.717, 1.165) is 22.7 Å². The van der Waals surface area contributed by atoms with Gasteiger partial charge in [-0.05, 0) is 92.4 Å². The van der Waals surface area contributed by atoms with Crippen molar-refractivity contribution >= 4 is 44.9 Å². The highest BCUT2D eigenvalue weighted by Gasteiger charge is 2.41. The summed E-state index contributed by atoms with van der Waals surface area (Å²) in [6.07, 6.45) is 0. The van der Waals surface area contributed by atoms with Crippen molar-refractivity contribution < 1.29 is 0 Å². The molecule has 0 fully saturated rings. The second-order valence-electron chi connectivity index (χ2n) is 15.8. The Morgan fingerprint density at radius 1 is 0.426 bits per heavy atom. The minimum atomic E-state index is -0.251. The number of benzene rings is 8. The third kappa shape index (κ3) is 4.73. The number of rotatable bonds is 5. The molecule has 0 bridgehead atoms. The van der Waals surface area contributed by atoms with Crippen LogP contribution in [0.5, 0.6) is 0 Å². The molecule has 0 spiro atoms. The van der Waals surface area contributed by atoms with Gasteiger partial charge in [0.2, 0.25) is 0 Å². The van der Waals surface area contributed by atoms with Gasteiger partial charge in [0.15, 0.2) is 0 Å². The number of hydrogen-bond acceptors (Lipinski definition) is 2. The SMILES string of the molecule is CC1(C)c2ccccc2-c2ccc(N(c3ccccc3)c3ccc4ccccc4c3N3c4ccccc4C(C)(C)c4c(-c5ccccc5)cccc43)cc21. The largest absolute Gasteiger partial charge is 0.308 e. The van der Waals surface area contributed by atoms with Crippen molar-refractivity contribution in [1.29, 1.82) is 0 Å². The average Bonchev–Trinajstić information content (AvgIpc) is 3.44. The van der Waals surface area contributed by atoms with Gasteiger partial charge in [-0.1, -0.05) is 167 Å². The van der Waals surface area contributed by atoms with E-state index in [9.17, 15) is 0 Å². The highest BCUT2D eigenvalue weighted by atomic mass is 15.2. The van der Waals surface area contributed by atoms with Gasteiger partial charge in [0.1, 0.15) is 0 Å². The lowest BCUT2D eigenvalue weighted by molar-refractivity contribution is 0.634. The Morgan fingerprint density at radius 3 is 1.87 bits per heavy atom. The summed E-state index contributed by atoms with van der Waals surface area (Å²) >= 11 is 0. The smallest absolute Gasteiger partial charge is 0.0781 e. The van der Waals surface area contributed by atoms with E-state index in [1.807, 2.05) is 0 Å². The second kappa shape index (κ2) is 12.1. The van der Waals surface area contributed by atoms with E-state index in [0.29, 0.717) is 0 Å². The molecule has 1 aliphatic heterocycles. The summed E-state index contributed by atoms with van der Waals surface area (Å²) in [4.78, 5) is 5.04. The van der Waals surface area contributed by atoms with Crippen molar-refractivity contribution in [3.05, 3.63) is 204 Å². The molecule has 0 saturated heterocycles. The van der Waals surface area contributed by atoms with Crippen LogP contribution in [0.3, 0.4) is 0 Å². The number of anilines is 6. The molecule has 2 nitrogen and oxygen atoms in total. The van der Waals surface area contributed by atoms with Crippen LogP contribution in [0.1, 0.15) is 49.9 Å². The van der Waals surface area contributed by atoms with Gasteiger partial charge in [0.25, 0.3) is 0 Å². The standard InChI is InChI=1S/C52H42N2/c1-51(2)43-26-14-13-24-41(43)42-32-31-38(34-45(42)51)53(37-21-9-6-10-22-37)48-33-30-36-20-11-12-23-40(36)50(48)54-46-28-16-15-27-44(46)52(3,4)49-39(25-17-29-47(49)54)35-18-7-5-8-19-35/h5-34H,1-4H3. The Balaban J connectivity index is 1.29. The molecule has 1 aliphatic carbocycles. The van der Waals surface area contributed by atoms with Gasteiger partial charge in [-0.25, -0.2) is 0 Å². The Morgan fingerprint density at radius 2 is 1.06 bits per heavy atom. The first-order chi connectivity index (χ1) is 26.3. The predicted molar refractivity (Wildman–Crippen MR) is 228 cm³/mol. The van der Waals surface area contributed by atoms with Crippen molar-refractivity contribution in [3.8, 4) is 22.3 Å². The van der Waals surface area contributed by atoms with Gasteiger partial charge in [-0.3, -0.25) is 0 Å². The first-order valence-corrected chi connectivity index (χ1v) is 19.0. The lowest BCUT2D eigenvalue weighted by atomic mass is 9.70. The van der Waals surface area contributed by atoms with Gasteiger partial charge >= 0.3 is 0 Å². The van der Waals surface area contributed by atoms with Crippen LogP contribution in [0.25, 0.3) is 33.0 Å². The maximum atomic E-state index is 2.56. The molecule has 260 valence electrons. The molecular weight excluding hydrogens is 653 g/mol. The fourth-order valence-corrected chi connectivity index (χ4v) is 9.44. The van der Waals surface area contributed by atoms with Crippen LogP contribution in [-0.4, -0.2) is 0 Å². The van der Waals surface area contributed by atoms with Crippen molar-refractivity contribution in [2.24, 2.45) is 0 Å². The molecule has 0 saturated carbocycles. The van der Waals surface area contributed by atoms with Crippen molar-refractivity contribution in [3.63, 3.8) is 0 Å². The molecule has 0 aromatic heterocycles. The van der Waals surface area contributed by atoms with Gasteiger partial charge in [-0.2, -0.15) is 0 Å². The molecule has 2 heteroatoms. The number of nitrogens with zero attached hydrogens (tertiary/aromatic N) is 2. The first kappa shape index (κ1) is 32.3. The minimum Gasteiger partial charge on any atom is -0.308 e. The average molecular weight is 695 g/mol. The summed E-state index contributed by atoms with van der Waals surface area (Å²) in [5.74, 6) is 0. The summed E-state index contributed by atoms with van der Waals surface area (Å²) in [7, 11) is 0. The number of para-hydroxylation sites is 2. The van der Waals surface area contributed by atoms with E-state index in [4.69, 9.17) is 0 Å². The maximum Gasteiger partial charge on any atom is 0.0781 e. The molecule has 0 atom stereocenters. The molecule has 0 N–H and O–H groups in total. The summed E-state index contributed by atoms with van der Waals surface area (Å²) in [5.41, 5.74) is 17.1. The lowest BCUT2D eigenvalue weighted by Crippen LogP contribution is -2.32. The zero-order chi connectivity index (χ0) is 36.6. The Hall–Kier alpha value is -6.38. The Labute approximate surface area is 318 Å². The van der Waals surface area contributed by atoms with E-state index >= 15 is 0 Å². The zero-order valence-corrected chi connectivity index (χ0v) is 31.2. The third-order valence-electron chi connectivity index (χ3n) is 12.0. The van der Waals surface area contributed by atoms with E-state index in [1.54, 1.807) is 0 Å². The van der Waals surface area contributed by atoms with Crippen LogP contribution >= 0.6 is 0 Å². The van der Waals surface area contributed by atoms with Gasteiger partial charge in [0, 0.05) is 27.6 Å². The fourth-order valence-electron chi connectivity index (χ4n) is 9.44. The van der Waals surface area contributed by atoms with Crippen LogP contribution in [0.15, 0.2) is 182 Å². The monoisotopic (exact) mass is 694 g/mol. The number of fused-ring (bicyclic) bond motifs is 6. The van der Waals surface area contributed by atoms with E-state index in [1.165, 1.54) is 66.7 Å². The minimum absolute atomic E-state index is 0.124. The van der Waals surface area contributed by atoms with E-state index < -0.39 is 0 Å². The maximum absolute atomic E-state index is 2.56. The third-order valence-corrected chi connectivity index (χ3v) is 12.0. The van der Waals surface area contributed by atoms with Crippen LogP contribution in [-0.2, 0) is 10.8 Å². The van der Waals surface area contributed by atoms with Gasteiger partial charge < -0.3 is 9.80 Å². The van der Waals surface area contributed by atoms with Crippen LogP contribution in [0.2, 0.25) is 0 Å². The summed E-state index contributed by atoms with van der Waals surface area (Å²) in [5, 5.41) is 2.41. The summed E-state index contributed by atoms with van der Waals surface area (Å²) in [6.45, 7) is 9.50. The molecule has 54 heavy (non-hydrogen) atoms. The molecule has 8 aromatic carbocycles. The summed E-state index contributed by atoms with van der Waals surface area (Å²) < 4.78 is 0. The molecule has 0 amide bonds. The van der Waals surface area contributed by atoms with Crippen LogP contribution < -0.4 is 9.80 Å². The predicted octanol–water partition coefficient (Wildman–Crippen LogP) is 14.4. The highest BCUT2D eigenvalue weighted by molar-refractivity contribution is 6.09. The lowest BCUT2D eigenvalue weighted by Gasteiger charge is -2.44. The Bertz CT molecular complexity index is 2720. The van der Waals surface area contributed by atoms with Crippen LogP contribution in [0, 0.1) is 0 Å². The van der Waals surface area contributed by atoms with Crippen molar-refractivity contribution in [1.82, 2.24) is 0 Å². The van der Waals surface area contributed by atoms with Gasteiger partial charge in [-0.15, -0.1) is 0 Å². The van der Waals surface area contributed by atoms with Crippen LogP contribution in [0.4, 0.5) is 34.1 Å². The second-order valence-corrected chi connectivity index (χ2v) is 15.8. The van der Waals surface area contributed by atoms with Gasteiger partial charge in [0.05, 0.1) is 22.7 Å². The first-order valence-electron chi connectivity index (χ1n) is 19.0. The molecule has 2 aliphatic rings. The molecule has 0 radical (unpaired) electrons. The Kier molecular flexibility index (Phi) is 7.22. The quantitative estimate of drug-likeness (QED) is 0.177. The topological polar surface area (TPSA) is 6.48 Å². The molecule has 1 heterocycles. The molecule has 10 rings (SSSR count). The fraction of sp³-hybridized carbons (Fsp3) is 0.115. The van der Waals surface area contributed by atoms with E-state index in [2.05, 4.69) is 219 Å². The molecule has 8 aromatic rings. The number of hydrogen-bond donors (Lipinski definition) is 0. The van der Waals surface area contributed by atoms with E-state index in [-0.39, 0.29) is 10.8 Å². The molecular formula is C52H42N2. The summed E-state index contributed by atoms with van der Waals surface area (Å²) in [6, 6.07) is 67.1. The highest BCUT2D eigenvalue weighted by Crippen LogP contribution is 2.58.